The van der Waals surface area contributed by atoms with E-state index in [4.69, 9.17) is 25.8 Å². The van der Waals surface area contributed by atoms with Gasteiger partial charge in [-0.1, -0.05) is 11.6 Å². The van der Waals surface area contributed by atoms with Gasteiger partial charge in [0.2, 0.25) is 0 Å². The van der Waals surface area contributed by atoms with Crippen molar-refractivity contribution in [2.75, 3.05) is 14.2 Å². The highest BCUT2D eigenvalue weighted by Gasteiger charge is 2.05. The topological polar surface area (TPSA) is 27.7 Å². The van der Waals surface area contributed by atoms with Gasteiger partial charge in [0, 0.05) is 19.2 Å². The predicted molar refractivity (Wildman–Crippen MR) is 49.9 cm³/mol. The Morgan fingerprint density at radius 1 is 1.08 bits per heavy atom. The molecule has 0 aliphatic heterocycles. The van der Waals surface area contributed by atoms with Crippen LogP contribution in [0.1, 0.15) is 0 Å². The van der Waals surface area contributed by atoms with Crippen molar-refractivity contribution in [1.29, 1.82) is 0 Å². The second-order valence-electron chi connectivity index (χ2n) is 2.33. The first-order valence-corrected chi connectivity index (χ1v) is 4.12. The highest BCUT2D eigenvalue weighted by atomic mass is 35.5. The summed E-state index contributed by atoms with van der Waals surface area (Å²) >= 11 is 5.70. The van der Waals surface area contributed by atoms with Gasteiger partial charge in [-0.3, -0.25) is 0 Å². The summed E-state index contributed by atoms with van der Waals surface area (Å²) in [5.41, 5.74) is 0. The zero-order valence-electron chi connectivity index (χ0n) is 7.49. The van der Waals surface area contributed by atoms with Gasteiger partial charge >= 0.3 is 6.48 Å². The molecule has 0 aromatic heterocycles. The smallest absolute Gasteiger partial charge is 0.315 e. The van der Waals surface area contributed by atoms with Gasteiger partial charge in [0.25, 0.3) is 0 Å². The number of rotatable bonds is 4. The molecule has 1 rings (SSSR count). The largest absolute Gasteiger partial charge is 0.441 e. The summed E-state index contributed by atoms with van der Waals surface area (Å²) < 4.78 is 15.0. The minimum Gasteiger partial charge on any atom is -0.441 e. The lowest BCUT2D eigenvalue weighted by molar-refractivity contribution is -0.219. The molecule has 0 saturated heterocycles. The van der Waals surface area contributed by atoms with Gasteiger partial charge in [0.05, 0.1) is 0 Å². The van der Waals surface area contributed by atoms with E-state index in [1.165, 1.54) is 14.2 Å². The average Bonchev–Trinajstić information content (AvgIpc) is 2.17. The number of methoxy groups -OCH3 is 2. The van der Waals surface area contributed by atoms with Crippen LogP contribution < -0.4 is 4.74 Å². The third-order valence-electron chi connectivity index (χ3n) is 1.43. The minimum atomic E-state index is -0.679. The van der Waals surface area contributed by atoms with Gasteiger partial charge < -0.3 is 14.2 Å². The monoisotopic (exact) mass is 202 g/mol. The van der Waals surface area contributed by atoms with Gasteiger partial charge in [-0.25, -0.2) is 0 Å². The first-order valence-electron chi connectivity index (χ1n) is 3.74. The van der Waals surface area contributed by atoms with Gasteiger partial charge in [0.15, 0.2) is 0 Å². The summed E-state index contributed by atoms with van der Waals surface area (Å²) in [5.74, 6) is 0.651. The molecule has 0 bridgehead atoms. The van der Waals surface area contributed by atoms with Crippen molar-refractivity contribution >= 4 is 11.6 Å². The summed E-state index contributed by atoms with van der Waals surface area (Å²) in [5, 5.41) is 0.665. The van der Waals surface area contributed by atoms with Crippen LogP contribution in [0.2, 0.25) is 5.02 Å². The molecule has 0 heterocycles. The summed E-state index contributed by atoms with van der Waals surface area (Å²) in [6, 6.07) is 6.96. The van der Waals surface area contributed by atoms with Crippen molar-refractivity contribution in [3.63, 3.8) is 0 Å². The Balaban J connectivity index is 2.58. The second kappa shape index (κ2) is 5.07. The molecule has 1 aromatic rings. The maximum absolute atomic E-state index is 5.70. The van der Waals surface area contributed by atoms with Crippen LogP contribution in [0, 0.1) is 0 Å². The fourth-order valence-electron chi connectivity index (χ4n) is 0.817. The zero-order chi connectivity index (χ0) is 9.68. The Morgan fingerprint density at radius 2 is 1.62 bits per heavy atom. The van der Waals surface area contributed by atoms with E-state index < -0.39 is 6.48 Å². The SMILES string of the molecule is COC(OC)Oc1ccc(Cl)cc1. The van der Waals surface area contributed by atoms with Crippen LogP contribution in [0.3, 0.4) is 0 Å². The summed E-state index contributed by atoms with van der Waals surface area (Å²) in [4.78, 5) is 0. The number of benzene rings is 1. The Bertz CT molecular complexity index is 244. The van der Waals surface area contributed by atoms with Crippen LogP contribution in [0.5, 0.6) is 5.75 Å². The van der Waals surface area contributed by atoms with Gasteiger partial charge in [-0.05, 0) is 24.3 Å². The summed E-state index contributed by atoms with van der Waals surface area (Å²) in [6.45, 7) is -0.679. The van der Waals surface area contributed by atoms with Crippen molar-refractivity contribution in [3.8, 4) is 5.75 Å². The van der Waals surface area contributed by atoms with E-state index in [1.807, 2.05) is 0 Å². The molecular weight excluding hydrogens is 192 g/mol. The Morgan fingerprint density at radius 3 is 2.08 bits per heavy atom. The predicted octanol–water partition coefficient (Wildman–Crippen LogP) is 2.30. The fraction of sp³-hybridized carbons (Fsp3) is 0.333. The molecule has 0 aliphatic rings. The molecule has 0 unspecified atom stereocenters. The fourth-order valence-corrected chi connectivity index (χ4v) is 0.943. The van der Waals surface area contributed by atoms with Crippen LogP contribution in [0.25, 0.3) is 0 Å². The van der Waals surface area contributed by atoms with Crippen LogP contribution in [-0.2, 0) is 9.47 Å². The van der Waals surface area contributed by atoms with Gasteiger partial charge in [0.1, 0.15) is 5.75 Å². The van der Waals surface area contributed by atoms with Crippen molar-refractivity contribution in [3.05, 3.63) is 29.3 Å². The van der Waals surface area contributed by atoms with Crippen LogP contribution in [0.15, 0.2) is 24.3 Å². The quantitative estimate of drug-likeness (QED) is 0.702. The standard InChI is InChI=1S/C9H11ClO3/c1-11-9(12-2)13-8-5-3-7(10)4-6-8/h3-6,9H,1-2H3. The van der Waals surface area contributed by atoms with Gasteiger partial charge in [-0.2, -0.15) is 0 Å². The zero-order valence-corrected chi connectivity index (χ0v) is 8.25. The third kappa shape index (κ3) is 3.22. The van der Waals surface area contributed by atoms with E-state index in [0.717, 1.165) is 0 Å². The lowest BCUT2D eigenvalue weighted by Gasteiger charge is -2.14. The molecule has 13 heavy (non-hydrogen) atoms. The van der Waals surface area contributed by atoms with Crippen molar-refractivity contribution in [2.24, 2.45) is 0 Å². The second-order valence-corrected chi connectivity index (χ2v) is 2.77. The van der Waals surface area contributed by atoms with E-state index >= 15 is 0 Å². The molecule has 0 atom stereocenters. The van der Waals surface area contributed by atoms with Gasteiger partial charge in [-0.15, -0.1) is 0 Å². The first-order chi connectivity index (χ1) is 6.26. The Kier molecular flexibility index (Phi) is 4.02. The molecule has 0 aliphatic carbocycles. The van der Waals surface area contributed by atoms with E-state index in [1.54, 1.807) is 24.3 Å². The lowest BCUT2D eigenvalue weighted by atomic mass is 10.3. The lowest BCUT2D eigenvalue weighted by Crippen LogP contribution is -2.20. The van der Waals surface area contributed by atoms with Crippen LogP contribution >= 0.6 is 11.6 Å². The highest BCUT2D eigenvalue weighted by Crippen LogP contribution is 2.16. The maximum Gasteiger partial charge on any atom is 0.315 e. The van der Waals surface area contributed by atoms with Crippen molar-refractivity contribution < 1.29 is 14.2 Å². The molecule has 0 radical (unpaired) electrons. The van der Waals surface area contributed by atoms with E-state index in [0.29, 0.717) is 10.8 Å². The average molecular weight is 203 g/mol. The normalized spacial score (nSPS) is 10.5. The molecule has 0 amide bonds. The number of hydrogen-bond donors (Lipinski definition) is 0. The molecule has 3 nitrogen and oxygen atoms in total. The van der Waals surface area contributed by atoms with E-state index in [-0.39, 0.29) is 0 Å². The van der Waals surface area contributed by atoms with Crippen molar-refractivity contribution in [2.45, 2.75) is 6.48 Å². The minimum absolute atomic E-state index is 0.651. The van der Waals surface area contributed by atoms with Crippen molar-refractivity contribution in [1.82, 2.24) is 0 Å². The maximum atomic E-state index is 5.70. The highest BCUT2D eigenvalue weighted by molar-refractivity contribution is 6.30. The Labute approximate surface area is 82.2 Å². The third-order valence-corrected chi connectivity index (χ3v) is 1.68. The van der Waals surface area contributed by atoms with E-state index in [9.17, 15) is 0 Å². The molecule has 4 heteroatoms. The molecule has 0 saturated carbocycles. The number of ether oxygens (including phenoxy) is 3. The number of halogens is 1. The number of hydrogen-bond acceptors (Lipinski definition) is 3. The first kappa shape index (κ1) is 10.3. The molecule has 0 N–H and O–H groups in total. The molecule has 0 fully saturated rings. The van der Waals surface area contributed by atoms with Crippen LogP contribution in [0.4, 0.5) is 0 Å². The van der Waals surface area contributed by atoms with E-state index in [2.05, 4.69) is 0 Å². The molecular formula is C9H11ClO3. The summed E-state index contributed by atoms with van der Waals surface area (Å²) in [6.07, 6.45) is 0. The molecule has 0 spiro atoms. The summed E-state index contributed by atoms with van der Waals surface area (Å²) in [7, 11) is 3.01. The Hall–Kier alpha value is -0.770. The van der Waals surface area contributed by atoms with Crippen LogP contribution in [-0.4, -0.2) is 20.7 Å². The molecule has 1 aromatic carbocycles. The molecule has 72 valence electrons.